The summed E-state index contributed by atoms with van der Waals surface area (Å²) < 4.78 is 9.26. The number of methoxy groups -OCH3 is 1. The van der Waals surface area contributed by atoms with Gasteiger partial charge in [0.2, 0.25) is 5.88 Å². The molecule has 4 aromatic heterocycles. The fourth-order valence-corrected chi connectivity index (χ4v) is 5.56. The van der Waals surface area contributed by atoms with Crippen LogP contribution in [0.2, 0.25) is 0 Å². The summed E-state index contributed by atoms with van der Waals surface area (Å²) in [5.41, 5.74) is 4.10. The number of allylic oxidation sites excluding steroid dienone is 2. The van der Waals surface area contributed by atoms with Crippen molar-refractivity contribution >= 4 is 33.2 Å². The molecule has 4 aromatic rings. The van der Waals surface area contributed by atoms with Crippen molar-refractivity contribution in [2.24, 2.45) is 5.92 Å². The predicted octanol–water partition coefficient (Wildman–Crippen LogP) is 4.68. The number of ether oxygens (including phenoxy) is 1. The highest BCUT2D eigenvalue weighted by Crippen LogP contribution is 2.34. The maximum absolute atomic E-state index is 12.1. The van der Waals surface area contributed by atoms with E-state index in [9.17, 15) is 9.90 Å². The molecule has 0 amide bonds. The predicted molar refractivity (Wildman–Crippen MR) is 131 cm³/mol. The molecule has 0 saturated heterocycles. The molecule has 0 saturated carbocycles. The van der Waals surface area contributed by atoms with E-state index in [4.69, 9.17) is 9.72 Å². The van der Waals surface area contributed by atoms with Crippen molar-refractivity contribution in [1.82, 2.24) is 24.1 Å². The van der Waals surface area contributed by atoms with Crippen LogP contribution in [-0.4, -0.2) is 42.3 Å². The van der Waals surface area contributed by atoms with Gasteiger partial charge in [-0.2, -0.15) is 0 Å². The summed E-state index contributed by atoms with van der Waals surface area (Å²) in [6.45, 7) is 3.60. The summed E-state index contributed by atoms with van der Waals surface area (Å²) >= 11 is 1.38. The molecular formula is C25H27N5O3S. The van der Waals surface area contributed by atoms with Crippen molar-refractivity contribution in [3.8, 4) is 5.88 Å². The minimum atomic E-state index is -0.333. The number of carbonyl (C=O) groups is 1. The lowest BCUT2D eigenvalue weighted by molar-refractivity contribution is 0.0606. The second kappa shape index (κ2) is 9.42. The number of rotatable bonds is 7. The van der Waals surface area contributed by atoms with Gasteiger partial charge in [-0.05, 0) is 49.8 Å². The van der Waals surface area contributed by atoms with Crippen LogP contribution < -0.4 is 0 Å². The van der Waals surface area contributed by atoms with Crippen LogP contribution in [-0.2, 0) is 24.2 Å². The van der Waals surface area contributed by atoms with E-state index in [-0.39, 0.29) is 11.8 Å². The molecule has 1 unspecified atom stereocenters. The molecule has 5 rings (SSSR count). The number of aryl methyl sites for hydroxylation is 1. The maximum Gasteiger partial charge on any atom is 0.348 e. The fraction of sp³-hybridized carbons (Fsp3) is 0.360. The average Bonchev–Trinajstić information content (AvgIpc) is 3.55. The molecule has 9 heteroatoms. The number of esters is 1. The minimum absolute atomic E-state index is 0.0558. The number of hydrogen-bond acceptors (Lipinski definition) is 7. The maximum atomic E-state index is 12.1. The van der Waals surface area contributed by atoms with Gasteiger partial charge in [-0.25, -0.2) is 19.7 Å². The normalized spacial score (nSPS) is 16.1. The highest BCUT2D eigenvalue weighted by molar-refractivity contribution is 7.20. The number of thiophene rings is 1. The van der Waals surface area contributed by atoms with E-state index >= 15 is 0 Å². The van der Waals surface area contributed by atoms with Crippen molar-refractivity contribution in [1.29, 1.82) is 0 Å². The standard InChI is InChI=1S/C25H27N5O3S/c1-3-29-15-26-13-18(29)14-30-20-12-21(25(32)33-2)34-24(20)28-22(30)11-16-7-9-17(10-8-16)19-5-4-6-23(31)27-19/h4-6,9,12-13,15-16H,3,7-8,10-11,14H2,1-2H3,(H,27,31). The van der Waals surface area contributed by atoms with Gasteiger partial charge in [0.15, 0.2) is 0 Å². The summed E-state index contributed by atoms with van der Waals surface area (Å²) in [6.07, 6.45) is 9.73. The van der Waals surface area contributed by atoms with Crippen molar-refractivity contribution in [3.05, 3.63) is 65.0 Å². The SMILES string of the molecule is CCn1cncc1Cn1c(CC2CC=C(c3cccc(O)n3)CC2)nc2sc(C(=O)OC)cc21. The Labute approximate surface area is 201 Å². The monoisotopic (exact) mass is 477 g/mol. The Bertz CT molecular complexity index is 1370. The lowest BCUT2D eigenvalue weighted by Crippen LogP contribution is -2.15. The van der Waals surface area contributed by atoms with Crippen molar-refractivity contribution in [2.45, 2.75) is 45.7 Å². The molecule has 1 aliphatic carbocycles. The van der Waals surface area contributed by atoms with E-state index in [1.807, 2.05) is 30.7 Å². The number of carbonyl (C=O) groups excluding carboxylic acids is 1. The minimum Gasteiger partial charge on any atom is -0.493 e. The number of nitrogens with zero attached hydrogens (tertiary/aromatic N) is 5. The lowest BCUT2D eigenvalue weighted by Gasteiger charge is -2.22. The quantitative estimate of drug-likeness (QED) is 0.389. The lowest BCUT2D eigenvalue weighted by atomic mass is 9.86. The van der Waals surface area contributed by atoms with Crippen LogP contribution >= 0.6 is 11.3 Å². The molecule has 1 atom stereocenters. The summed E-state index contributed by atoms with van der Waals surface area (Å²) in [7, 11) is 1.40. The Kier molecular flexibility index (Phi) is 6.19. The van der Waals surface area contributed by atoms with E-state index in [2.05, 4.69) is 32.1 Å². The number of imidazole rings is 2. The molecule has 176 valence electrons. The van der Waals surface area contributed by atoms with Crippen LogP contribution in [0.1, 0.15) is 53.1 Å². The van der Waals surface area contributed by atoms with Crippen LogP contribution in [0.25, 0.3) is 15.9 Å². The largest absolute Gasteiger partial charge is 0.493 e. The van der Waals surface area contributed by atoms with E-state index in [0.29, 0.717) is 17.3 Å². The van der Waals surface area contributed by atoms with Crippen molar-refractivity contribution in [2.75, 3.05) is 7.11 Å². The van der Waals surface area contributed by atoms with Gasteiger partial charge in [-0.3, -0.25) is 0 Å². The zero-order valence-corrected chi connectivity index (χ0v) is 20.1. The van der Waals surface area contributed by atoms with Gasteiger partial charge in [0.05, 0.1) is 36.9 Å². The molecule has 0 aromatic carbocycles. The van der Waals surface area contributed by atoms with Crippen molar-refractivity contribution in [3.63, 3.8) is 0 Å². The summed E-state index contributed by atoms with van der Waals surface area (Å²) in [4.78, 5) is 27.0. The second-order valence-corrected chi connectivity index (χ2v) is 9.56. The topological polar surface area (TPSA) is 95.1 Å². The first-order chi connectivity index (χ1) is 16.6. The number of aromatic nitrogens is 5. The third kappa shape index (κ3) is 4.35. The zero-order chi connectivity index (χ0) is 23.7. The van der Waals surface area contributed by atoms with E-state index < -0.39 is 0 Å². The molecule has 0 bridgehead atoms. The molecule has 0 spiro atoms. The molecule has 0 fully saturated rings. The highest BCUT2D eigenvalue weighted by atomic mass is 32.1. The molecular weight excluding hydrogens is 450 g/mol. The first kappa shape index (κ1) is 22.3. The third-order valence-corrected chi connectivity index (χ3v) is 7.42. The molecule has 0 aliphatic heterocycles. The van der Waals surface area contributed by atoms with Crippen LogP contribution in [0.3, 0.4) is 0 Å². The summed E-state index contributed by atoms with van der Waals surface area (Å²) in [5.74, 6) is 1.21. The molecule has 1 aliphatic rings. The van der Waals surface area contributed by atoms with Gasteiger partial charge in [0.1, 0.15) is 15.5 Å². The number of aromatic hydroxyl groups is 1. The number of hydrogen-bond donors (Lipinski definition) is 1. The summed E-state index contributed by atoms with van der Waals surface area (Å²) in [5, 5.41) is 9.70. The van der Waals surface area contributed by atoms with Crippen LogP contribution in [0.5, 0.6) is 5.88 Å². The van der Waals surface area contributed by atoms with E-state index in [1.54, 1.807) is 6.07 Å². The highest BCUT2D eigenvalue weighted by Gasteiger charge is 2.23. The first-order valence-corrected chi connectivity index (χ1v) is 12.3. The van der Waals surface area contributed by atoms with Crippen LogP contribution in [0, 0.1) is 5.92 Å². The molecule has 1 N–H and O–H groups in total. The molecule has 4 heterocycles. The number of fused-ring (bicyclic) bond motifs is 1. The van der Waals surface area contributed by atoms with Gasteiger partial charge >= 0.3 is 5.97 Å². The Morgan fingerprint density at radius 2 is 2.21 bits per heavy atom. The van der Waals surface area contributed by atoms with E-state index in [1.165, 1.54) is 24.0 Å². The zero-order valence-electron chi connectivity index (χ0n) is 19.3. The van der Waals surface area contributed by atoms with Gasteiger partial charge in [-0.1, -0.05) is 12.1 Å². The molecule has 0 radical (unpaired) electrons. The average molecular weight is 478 g/mol. The number of pyridine rings is 1. The van der Waals surface area contributed by atoms with Gasteiger partial charge < -0.3 is 19.0 Å². The van der Waals surface area contributed by atoms with Crippen LogP contribution in [0.15, 0.2) is 42.9 Å². The van der Waals surface area contributed by atoms with Crippen LogP contribution in [0.4, 0.5) is 0 Å². The van der Waals surface area contributed by atoms with Crippen molar-refractivity contribution < 1.29 is 14.6 Å². The Morgan fingerprint density at radius 3 is 2.94 bits per heavy atom. The van der Waals surface area contributed by atoms with Gasteiger partial charge in [-0.15, -0.1) is 11.3 Å². The van der Waals surface area contributed by atoms with E-state index in [0.717, 1.165) is 59.8 Å². The second-order valence-electron chi connectivity index (χ2n) is 8.53. The Hall–Kier alpha value is -3.46. The fourth-order valence-electron chi connectivity index (χ4n) is 4.59. The smallest absolute Gasteiger partial charge is 0.348 e. The third-order valence-electron chi connectivity index (χ3n) is 6.43. The Balaban J connectivity index is 1.42. The molecule has 8 nitrogen and oxygen atoms in total. The Morgan fingerprint density at radius 1 is 1.32 bits per heavy atom. The first-order valence-electron chi connectivity index (χ1n) is 11.5. The van der Waals surface area contributed by atoms with Gasteiger partial charge in [0, 0.05) is 25.2 Å². The molecule has 34 heavy (non-hydrogen) atoms. The summed E-state index contributed by atoms with van der Waals surface area (Å²) in [6, 6.07) is 7.26. The van der Waals surface area contributed by atoms with Gasteiger partial charge in [0.25, 0.3) is 0 Å².